The lowest BCUT2D eigenvalue weighted by Crippen LogP contribution is -2.20. The van der Waals surface area contributed by atoms with Gasteiger partial charge < -0.3 is 0 Å². The van der Waals surface area contributed by atoms with Crippen LogP contribution < -0.4 is 22.5 Å². The zero-order valence-corrected chi connectivity index (χ0v) is 4.86. The minimum Gasteiger partial charge on any atom is -0.272 e. The summed E-state index contributed by atoms with van der Waals surface area (Å²) in [6.07, 6.45) is 0. The van der Waals surface area contributed by atoms with Crippen LogP contribution in [0.3, 0.4) is 0 Å². The molecule has 0 unspecified atom stereocenters. The summed E-state index contributed by atoms with van der Waals surface area (Å²) in [6, 6.07) is 0. The van der Waals surface area contributed by atoms with Gasteiger partial charge in [0.05, 0.1) is 0 Å². The van der Waals surface area contributed by atoms with Crippen LogP contribution in [0.1, 0.15) is 6.92 Å². The second-order valence-corrected chi connectivity index (χ2v) is 0.846. The zero-order valence-electron chi connectivity index (χ0n) is 4.86. The standard InChI is InChI=1S/C2H8N2.CH6N2/c1-2-4-3;1-3-2/h4H,2-3H2,1H3;3H,2H2,1H3. The van der Waals surface area contributed by atoms with Gasteiger partial charge in [-0.15, -0.1) is 0 Å². The summed E-state index contributed by atoms with van der Waals surface area (Å²) >= 11 is 0. The second kappa shape index (κ2) is 17.0. The number of nitrogens with one attached hydrogen (secondary N) is 2. The molecule has 0 amide bonds. The van der Waals surface area contributed by atoms with Gasteiger partial charge in [0.15, 0.2) is 0 Å². The van der Waals surface area contributed by atoms with Crippen molar-refractivity contribution < 1.29 is 0 Å². The quantitative estimate of drug-likeness (QED) is 0.244. The fourth-order valence-corrected chi connectivity index (χ4v) is 0. The van der Waals surface area contributed by atoms with Gasteiger partial charge in [-0.1, -0.05) is 6.92 Å². The Kier molecular flexibility index (Phi) is 24.1. The Labute approximate surface area is 44.2 Å². The van der Waals surface area contributed by atoms with Gasteiger partial charge >= 0.3 is 0 Å². The zero-order chi connectivity index (χ0) is 6.12. The van der Waals surface area contributed by atoms with Crippen LogP contribution in [0.15, 0.2) is 0 Å². The number of hydrogen-bond acceptors (Lipinski definition) is 4. The van der Waals surface area contributed by atoms with Crippen LogP contribution in [0, 0.1) is 0 Å². The number of hydrogen-bond donors (Lipinski definition) is 4. The fraction of sp³-hybridized carbons (Fsp3) is 1.00. The molecule has 0 saturated heterocycles. The molecule has 0 saturated carbocycles. The largest absolute Gasteiger partial charge is 0.272 e. The maximum absolute atomic E-state index is 4.78. The Morgan fingerprint density at radius 1 is 1.43 bits per heavy atom. The average molecular weight is 106 g/mol. The molecule has 0 heterocycles. The molecule has 0 aliphatic heterocycles. The first-order valence-electron chi connectivity index (χ1n) is 2.14. The average Bonchev–Trinajstić information content (AvgIpc) is 1.69. The molecule has 6 N–H and O–H groups in total. The minimum atomic E-state index is 0.847. The van der Waals surface area contributed by atoms with Crippen molar-refractivity contribution in [3.63, 3.8) is 0 Å². The second-order valence-electron chi connectivity index (χ2n) is 0.846. The molecule has 0 fully saturated rings. The first-order valence-corrected chi connectivity index (χ1v) is 2.14. The predicted octanol–water partition coefficient (Wildman–Crippen LogP) is -1.45. The first-order chi connectivity index (χ1) is 3.33. The van der Waals surface area contributed by atoms with Crippen molar-refractivity contribution in [2.24, 2.45) is 11.7 Å². The third kappa shape index (κ3) is 122. The van der Waals surface area contributed by atoms with Crippen molar-refractivity contribution in [2.45, 2.75) is 6.92 Å². The molecule has 0 aromatic rings. The Hall–Kier alpha value is -0.160. The lowest BCUT2D eigenvalue weighted by Gasteiger charge is -1.77. The summed E-state index contributed by atoms with van der Waals surface area (Å²) in [4.78, 5) is 0. The molecule has 46 valence electrons. The van der Waals surface area contributed by atoms with E-state index in [9.17, 15) is 0 Å². The molecule has 7 heavy (non-hydrogen) atoms. The van der Waals surface area contributed by atoms with Crippen LogP contribution in [-0.4, -0.2) is 13.6 Å². The highest BCUT2D eigenvalue weighted by Crippen LogP contribution is 1.30. The predicted molar refractivity (Wildman–Crippen MR) is 31.1 cm³/mol. The summed E-state index contributed by atoms with van der Waals surface area (Å²) < 4.78 is 0. The van der Waals surface area contributed by atoms with Crippen LogP contribution in [-0.2, 0) is 0 Å². The molecule has 4 nitrogen and oxygen atoms in total. The van der Waals surface area contributed by atoms with Gasteiger partial charge in [-0.2, -0.15) is 0 Å². The SMILES string of the molecule is CCNN.CNN. The number of hydrazine groups is 2. The van der Waals surface area contributed by atoms with Crippen LogP contribution >= 0.6 is 0 Å². The third-order valence-corrected chi connectivity index (χ3v) is 0.204. The normalized spacial score (nSPS) is 6.86. The smallest absolute Gasteiger partial charge is 0.00689 e. The van der Waals surface area contributed by atoms with E-state index in [-0.39, 0.29) is 0 Å². The highest BCUT2D eigenvalue weighted by molar-refractivity contribution is 4.10. The molecule has 0 atom stereocenters. The molecular weight excluding hydrogens is 92.1 g/mol. The maximum atomic E-state index is 4.78. The van der Waals surface area contributed by atoms with Gasteiger partial charge in [0, 0.05) is 6.54 Å². The Balaban J connectivity index is 0. The molecule has 0 radical (unpaired) electrons. The van der Waals surface area contributed by atoms with Crippen molar-refractivity contribution in [3.8, 4) is 0 Å². The Morgan fingerprint density at radius 3 is 1.57 bits per heavy atom. The molecule has 0 spiro atoms. The first kappa shape index (κ1) is 9.96. The molecular formula is C3H14N4. The third-order valence-electron chi connectivity index (χ3n) is 0.204. The van der Waals surface area contributed by atoms with E-state index in [0.29, 0.717) is 0 Å². The van der Waals surface area contributed by atoms with E-state index in [1.807, 2.05) is 6.92 Å². The number of rotatable bonds is 1. The van der Waals surface area contributed by atoms with Crippen molar-refractivity contribution in [1.29, 1.82) is 0 Å². The molecule has 0 rings (SSSR count). The van der Waals surface area contributed by atoms with Gasteiger partial charge in [0.2, 0.25) is 0 Å². The lowest BCUT2D eigenvalue weighted by atomic mass is 10.8. The van der Waals surface area contributed by atoms with Crippen LogP contribution in [0.4, 0.5) is 0 Å². The van der Waals surface area contributed by atoms with Gasteiger partial charge in [-0.05, 0) is 7.05 Å². The van der Waals surface area contributed by atoms with E-state index in [1.165, 1.54) is 0 Å². The summed E-state index contributed by atoms with van der Waals surface area (Å²) in [5.41, 5.74) is 4.68. The molecule has 4 heteroatoms. The summed E-state index contributed by atoms with van der Waals surface area (Å²) in [5.74, 6) is 9.38. The van der Waals surface area contributed by atoms with Crippen molar-refractivity contribution in [2.75, 3.05) is 13.6 Å². The van der Waals surface area contributed by atoms with Crippen molar-refractivity contribution in [1.82, 2.24) is 10.9 Å². The van der Waals surface area contributed by atoms with Crippen LogP contribution in [0.5, 0.6) is 0 Å². The van der Waals surface area contributed by atoms with E-state index < -0.39 is 0 Å². The van der Waals surface area contributed by atoms with Crippen LogP contribution in [0.2, 0.25) is 0 Å². The van der Waals surface area contributed by atoms with Gasteiger partial charge in [-0.3, -0.25) is 22.5 Å². The van der Waals surface area contributed by atoms with E-state index in [4.69, 9.17) is 5.84 Å². The van der Waals surface area contributed by atoms with Gasteiger partial charge in [0.25, 0.3) is 0 Å². The van der Waals surface area contributed by atoms with E-state index in [0.717, 1.165) is 6.54 Å². The lowest BCUT2D eigenvalue weighted by molar-refractivity contribution is 0.781. The molecule has 0 aromatic carbocycles. The minimum absolute atomic E-state index is 0.847. The summed E-state index contributed by atoms with van der Waals surface area (Å²) in [5, 5.41) is 0. The van der Waals surface area contributed by atoms with Gasteiger partial charge in [-0.25, -0.2) is 0 Å². The van der Waals surface area contributed by atoms with Crippen molar-refractivity contribution >= 4 is 0 Å². The highest BCUT2D eigenvalue weighted by atomic mass is 15.2. The monoisotopic (exact) mass is 106 g/mol. The Bertz CT molecular complexity index is 14.4. The highest BCUT2D eigenvalue weighted by Gasteiger charge is 1.50. The van der Waals surface area contributed by atoms with Crippen LogP contribution in [0.25, 0.3) is 0 Å². The molecule has 0 aliphatic rings. The number of nitrogens with two attached hydrogens (primary N) is 2. The van der Waals surface area contributed by atoms with Crippen molar-refractivity contribution in [3.05, 3.63) is 0 Å². The summed E-state index contributed by atoms with van der Waals surface area (Å²) in [6.45, 7) is 2.79. The molecule has 0 bridgehead atoms. The van der Waals surface area contributed by atoms with Gasteiger partial charge in [0.1, 0.15) is 0 Å². The maximum Gasteiger partial charge on any atom is 0.00689 e. The topological polar surface area (TPSA) is 76.1 Å². The molecule has 0 aliphatic carbocycles. The van der Waals surface area contributed by atoms with E-state index in [1.54, 1.807) is 7.05 Å². The van der Waals surface area contributed by atoms with E-state index in [2.05, 4.69) is 16.7 Å². The molecule has 0 aromatic heterocycles. The fourth-order valence-electron chi connectivity index (χ4n) is 0. The van der Waals surface area contributed by atoms with E-state index >= 15 is 0 Å². The summed E-state index contributed by atoms with van der Waals surface area (Å²) in [7, 11) is 1.65. The Morgan fingerprint density at radius 2 is 1.57 bits per heavy atom.